The van der Waals surface area contributed by atoms with Crippen molar-refractivity contribution in [1.29, 1.82) is 0 Å². The van der Waals surface area contributed by atoms with Gasteiger partial charge in [-0.2, -0.15) is 0 Å². The fourth-order valence-corrected chi connectivity index (χ4v) is 5.12. The summed E-state index contributed by atoms with van der Waals surface area (Å²) < 4.78 is 0. The van der Waals surface area contributed by atoms with Gasteiger partial charge in [-0.15, -0.1) is 0 Å². The summed E-state index contributed by atoms with van der Waals surface area (Å²) in [5.41, 5.74) is 9.66. The van der Waals surface area contributed by atoms with E-state index < -0.39 is 20.8 Å². The third-order valence-electron chi connectivity index (χ3n) is 4.91. The van der Waals surface area contributed by atoms with Crippen LogP contribution in [0, 0.1) is 0 Å². The van der Waals surface area contributed by atoms with Gasteiger partial charge >= 0.3 is 37.9 Å². The Balaban J connectivity index is 0.000000701. The second-order valence-electron chi connectivity index (χ2n) is 7.56. The predicted molar refractivity (Wildman–Crippen MR) is 113 cm³/mol. The van der Waals surface area contributed by atoms with Gasteiger partial charge in [0.2, 0.25) is 0 Å². The van der Waals surface area contributed by atoms with E-state index in [9.17, 15) is 0 Å². The van der Waals surface area contributed by atoms with E-state index in [1.807, 2.05) is 0 Å². The van der Waals surface area contributed by atoms with Crippen molar-refractivity contribution in [2.45, 2.75) is 45.2 Å². The minimum absolute atomic E-state index is 0.0549. The summed E-state index contributed by atoms with van der Waals surface area (Å²) in [4.78, 5) is 0. The topological polar surface area (TPSA) is 0 Å². The van der Waals surface area contributed by atoms with Crippen molar-refractivity contribution in [3.05, 3.63) is 64.7 Å². The van der Waals surface area contributed by atoms with E-state index in [1.165, 1.54) is 22.3 Å². The van der Waals surface area contributed by atoms with Crippen LogP contribution in [0.1, 0.15) is 49.9 Å². The molecule has 3 rings (SSSR count). The number of benzene rings is 2. The number of rotatable bonds is 2. The average Bonchev–Trinajstić information content (AvgIpc) is 2.90. The zero-order chi connectivity index (χ0) is 18.6. The minimum atomic E-state index is -0.826. The molecule has 0 aromatic heterocycles. The van der Waals surface area contributed by atoms with E-state index in [0.29, 0.717) is 0 Å². The molecule has 0 bridgehead atoms. The van der Waals surface area contributed by atoms with Crippen LogP contribution in [0.2, 0.25) is 6.55 Å². The van der Waals surface area contributed by atoms with Gasteiger partial charge in [-0.3, -0.25) is 0 Å². The summed E-state index contributed by atoms with van der Waals surface area (Å²) in [5, 5.41) is 0. The number of hydrogen-bond acceptors (Lipinski definition) is 0. The molecule has 132 valence electrons. The van der Waals surface area contributed by atoms with Gasteiger partial charge in [0, 0.05) is 9.52 Å². The molecule has 0 spiro atoms. The molecule has 0 radical (unpaired) electrons. The first-order valence-corrected chi connectivity index (χ1v) is 17.3. The summed E-state index contributed by atoms with van der Waals surface area (Å²) >= 11 is -0.826. The summed E-state index contributed by atoms with van der Waals surface area (Å²) in [6.45, 7) is 11.5. The molecule has 25 heavy (non-hydrogen) atoms. The number of fused-ring (bicyclic) bond motifs is 1. The normalized spacial score (nSPS) is 16.3. The van der Waals surface area contributed by atoms with Gasteiger partial charge < -0.3 is 0 Å². The quantitative estimate of drug-likeness (QED) is 0.430. The Morgan fingerprint density at radius 1 is 1.00 bits per heavy atom. The first-order valence-electron chi connectivity index (χ1n) is 8.71. The molecular weight excluding hydrogens is 442 g/mol. The molecule has 0 nitrogen and oxygen atoms in total. The molecule has 0 N–H and O–H groups in total. The molecule has 0 saturated heterocycles. The Kier molecular flexibility index (Phi) is 7.77. The molecule has 1 aliphatic rings. The molecule has 0 heterocycles. The van der Waals surface area contributed by atoms with Crippen LogP contribution in [-0.4, -0.2) is 9.52 Å². The molecule has 1 aliphatic carbocycles. The Labute approximate surface area is 173 Å². The van der Waals surface area contributed by atoms with Crippen molar-refractivity contribution in [3.63, 3.8) is 0 Å². The van der Waals surface area contributed by atoms with Crippen molar-refractivity contribution in [3.8, 4) is 11.1 Å². The van der Waals surface area contributed by atoms with E-state index in [2.05, 4.69) is 82.8 Å². The van der Waals surface area contributed by atoms with E-state index in [-0.39, 0.29) is 14.9 Å². The van der Waals surface area contributed by atoms with Crippen LogP contribution in [0.4, 0.5) is 0 Å². The third kappa shape index (κ3) is 4.98. The molecule has 2 aromatic rings. The van der Waals surface area contributed by atoms with Gasteiger partial charge in [-0.1, -0.05) is 81.4 Å². The molecule has 0 amide bonds. The van der Waals surface area contributed by atoms with Crippen molar-refractivity contribution in [2.75, 3.05) is 0 Å². The molecule has 1 unspecified atom stereocenters. The molecule has 0 fully saturated rings. The number of allylic oxidation sites excluding steroid dienone is 1. The van der Waals surface area contributed by atoms with Crippen LogP contribution in [0.5, 0.6) is 0 Å². The van der Waals surface area contributed by atoms with Gasteiger partial charge in [0.25, 0.3) is 0 Å². The number of hydrogen-bond donors (Lipinski definition) is 0. The van der Waals surface area contributed by atoms with Gasteiger partial charge in [-0.25, -0.2) is 0 Å². The maximum absolute atomic E-state index is 4.93. The van der Waals surface area contributed by atoms with Crippen LogP contribution in [-0.2, 0) is 26.3 Å². The van der Waals surface area contributed by atoms with Crippen LogP contribution in [0.15, 0.2) is 48.0 Å². The van der Waals surface area contributed by atoms with E-state index >= 15 is 0 Å². The summed E-state index contributed by atoms with van der Waals surface area (Å²) in [5.74, 6) is 0. The van der Waals surface area contributed by atoms with Crippen molar-refractivity contribution < 1.29 is 20.8 Å². The summed E-state index contributed by atoms with van der Waals surface area (Å²) in [6, 6.07) is 16.0. The zero-order valence-corrected chi connectivity index (χ0v) is 21.0. The molecular formula is C21H26Cl2SiZr. The molecule has 2 aromatic carbocycles. The summed E-state index contributed by atoms with van der Waals surface area (Å²) in [7, 11) is 9.81. The summed E-state index contributed by atoms with van der Waals surface area (Å²) in [6.07, 6.45) is 2.42. The van der Waals surface area contributed by atoms with E-state index in [1.54, 1.807) is 11.1 Å². The van der Waals surface area contributed by atoms with Crippen LogP contribution in [0.3, 0.4) is 0 Å². The van der Waals surface area contributed by atoms with Crippen LogP contribution >= 0.6 is 17.0 Å². The molecule has 1 atom stereocenters. The molecule has 4 heteroatoms. The fraction of sp³-hybridized carbons (Fsp3) is 0.333. The number of halogens is 2. The van der Waals surface area contributed by atoms with Gasteiger partial charge in [0.1, 0.15) is 0 Å². The van der Waals surface area contributed by atoms with E-state index in [4.69, 9.17) is 17.0 Å². The Bertz CT molecular complexity index is 745. The first kappa shape index (κ1) is 21.2. The maximum atomic E-state index is 4.93. The zero-order valence-electron chi connectivity index (χ0n) is 15.7. The molecule has 0 aliphatic heterocycles. The first-order chi connectivity index (χ1) is 11.8. The Morgan fingerprint density at radius 2 is 1.60 bits per heavy atom. The van der Waals surface area contributed by atoms with Crippen LogP contribution < -0.4 is 0 Å². The fourth-order valence-electron chi connectivity index (χ4n) is 3.56. The average molecular weight is 469 g/mol. The molecule has 0 saturated carbocycles. The monoisotopic (exact) mass is 466 g/mol. The third-order valence-corrected chi connectivity index (χ3v) is 6.81. The van der Waals surface area contributed by atoms with Crippen LogP contribution in [0.25, 0.3) is 17.2 Å². The van der Waals surface area contributed by atoms with Gasteiger partial charge in [0.05, 0.1) is 0 Å². The Hall–Kier alpha value is -0.140. The second kappa shape index (κ2) is 9.18. The second-order valence-corrected chi connectivity index (χ2v) is 12.9. The SMILES string of the molecule is C[SiH2]C1C(C)=Cc2c(-c3ccc(C(C)(C)C)cc3)cccc21.[Cl][Zr][Cl]. The van der Waals surface area contributed by atoms with Crippen molar-refractivity contribution in [2.24, 2.45) is 0 Å². The Morgan fingerprint density at radius 3 is 2.12 bits per heavy atom. The van der Waals surface area contributed by atoms with E-state index in [0.717, 1.165) is 5.54 Å². The van der Waals surface area contributed by atoms with Gasteiger partial charge in [-0.05, 0) is 45.7 Å². The standard InChI is InChI=1S/C21H26Si.2ClH.Zr/c1-14-13-19-17(7-6-8-18(19)20(14)22-5)15-9-11-16(12-10-15)21(2,3)4;;;/h6-13,20H,22H2,1-5H3;2*1H;/q;;;+2/p-2. The van der Waals surface area contributed by atoms with Gasteiger partial charge in [0.15, 0.2) is 0 Å². The van der Waals surface area contributed by atoms with Crippen molar-refractivity contribution in [1.82, 2.24) is 0 Å². The predicted octanol–water partition coefficient (Wildman–Crippen LogP) is 6.70. The van der Waals surface area contributed by atoms with Crippen molar-refractivity contribution >= 4 is 32.6 Å².